The summed E-state index contributed by atoms with van der Waals surface area (Å²) < 4.78 is 23.9. The highest BCUT2D eigenvalue weighted by Crippen LogP contribution is 2.15. The first-order valence-electron chi connectivity index (χ1n) is 5.74. The van der Waals surface area contributed by atoms with Gasteiger partial charge in [0.25, 0.3) is 5.91 Å². The molecule has 2 rings (SSSR count). The Morgan fingerprint density at radius 3 is 2.72 bits per heavy atom. The highest BCUT2D eigenvalue weighted by molar-refractivity contribution is 14.1. The van der Waals surface area contributed by atoms with E-state index in [0.717, 1.165) is 9.99 Å². The van der Waals surface area contributed by atoms with E-state index in [9.17, 15) is 13.2 Å². The molecule has 1 aliphatic rings. The Morgan fingerprint density at radius 2 is 2.06 bits per heavy atom. The highest BCUT2D eigenvalue weighted by Gasteiger charge is 2.26. The van der Waals surface area contributed by atoms with E-state index in [1.165, 1.54) is 0 Å². The van der Waals surface area contributed by atoms with Gasteiger partial charge in [-0.2, -0.15) is 0 Å². The van der Waals surface area contributed by atoms with Crippen molar-refractivity contribution in [2.75, 3.05) is 11.5 Å². The molecule has 4 nitrogen and oxygen atoms in total. The van der Waals surface area contributed by atoms with Crippen LogP contribution in [-0.2, 0) is 9.84 Å². The Morgan fingerprint density at radius 1 is 1.33 bits per heavy atom. The van der Waals surface area contributed by atoms with Crippen molar-refractivity contribution in [3.8, 4) is 0 Å². The van der Waals surface area contributed by atoms with Crippen LogP contribution < -0.4 is 5.32 Å². The molecule has 6 heteroatoms. The fourth-order valence-electron chi connectivity index (χ4n) is 2.05. The molecule has 1 heterocycles. The number of halogens is 1. The van der Waals surface area contributed by atoms with E-state index in [1.54, 1.807) is 12.1 Å². The molecular weight excluding hydrogens is 365 g/mol. The molecule has 0 saturated carbocycles. The molecule has 0 bridgehead atoms. The highest BCUT2D eigenvalue weighted by atomic mass is 127. The summed E-state index contributed by atoms with van der Waals surface area (Å²) in [5, 5.41) is 2.81. The lowest BCUT2D eigenvalue weighted by Gasteiger charge is -2.23. The van der Waals surface area contributed by atoms with E-state index in [4.69, 9.17) is 0 Å². The van der Waals surface area contributed by atoms with Crippen molar-refractivity contribution < 1.29 is 13.2 Å². The lowest BCUT2D eigenvalue weighted by molar-refractivity contribution is 0.0937. The smallest absolute Gasteiger partial charge is 0.252 e. The molecule has 1 aliphatic heterocycles. The van der Waals surface area contributed by atoms with Gasteiger partial charge in [0.15, 0.2) is 9.84 Å². The molecule has 0 spiro atoms. The van der Waals surface area contributed by atoms with Crippen molar-refractivity contribution in [3.63, 3.8) is 0 Å². The molecule has 1 amide bonds. The maximum atomic E-state index is 12.0. The number of rotatable bonds is 2. The second-order valence-electron chi connectivity index (χ2n) is 4.41. The van der Waals surface area contributed by atoms with Gasteiger partial charge in [0.2, 0.25) is 0 Å². The van der Waals surface area contributed by atoms with Gasteiger partial charge in [-0.25, -0.2) is 8.42 Å². The topological polar surface area (TPSA) is 63.2 Å². The first-order valence-corrected chi connectivity index (χ1v) is 8.64. The largest absolute Gasteiger partial charge is 0.348 e. The number of sulfone groups is 1. The third kappa shape index (κ3) is 3.44. The number of carbonyl (C=O) groups excluding carboxylic acids is 1. The molecule has 1 aromatic rings. The molecule has 0 aromatic heterocycles. The van der Waals surface area contributed by atoms with Crippen LogP contribution in [0.4, 0.5) is 0 Å². The van der Waals surface area contributed by atoms with Gasteiger partial charge in [0, 0.05) is 9.61 Å². The zero-order chi connectivity index (χ0) is 13.2. The monoisotopic (exact) mass is 379 g/mol. The van der Waals surface area contributed by atoms with Gasteiger partial charge in [0.05, 0.1) is 17.1 Å². The first kappa shape index (κ1) is 13.8. The summed E-state index contributed by atoms with van der Waals surface area (Å²) in [5.74, 6) is 0.104. The third-order valence-corrected chi connectivity index (χ3v) is 5.68. The number of carbonyl (C=O) groups is 1. The molecule has 0 aliphatic carbocycles. The summed E-state index contributed by atoms with van der Waals surface area (Å²) in [6.45, 7) is 0. The van der Waals surface area contributed by atoms with Crippen LogP contribution in [0.3, 0.4) is 0 Å². The zero-order valence-corrected chi connectivity index (χ0v) is 12.7. The van der Waals surface area contributed by atoms with Gasteiger partial charge in [0.1, 0.15) is 0 Å². The molecule has 1 N–H and O–H groups in total. The molecule has 1 fully saturated rings. The van der Waals surface area contributed by atoms with Crippen LogP contribution in [0.2, 0.25) is 0 Å². The molecular formula is C12H14INO3S. The lowest BCUT2D eigenvalue weighted by Crippen LogP contribution is -2.43. The van der Waals surface area contributed by atoms with Crippen LogP contribution >= 0.6 is 22.6 Å². The summed E-state index contributed by atoms with van der Waals surface area (Å²) in [5.41, 5.74) is 0.598. The van der Waals surface area contributed by atoms with Crippen molar-refractivity contribution in [2.45, 2.75) is 18.9 Å². The molecule has 98 valence electrons. The van der Waals surface area contributed by atoms with Gasteiger partial charge in [-0.05, 0) is 47.6 Å². The maximum Gasteiger partial charge on any atom is 0.252 e. The number of hydrogen-bond donors (Lipinski definition) is 1. The molecule has 0 radical (unpaired) electrons. The Hall–Kier alpha value is -0.630. The van der Waals surface area contributed by atoms with Crippen molar-refractivity contribution >= 4 is 38.3 Å². The number of amides is 1. The quantitative estimate of drug-likeness (QED) is 0.795. The number of benzene rings is 1. The van der Waals surface area contributed by atoms with E-state index in [1.807, 2.05) is 12.1 Å². The lowest BCUT2D eigenvalue weighted by atomic mass is 10.1. The Bertz CT molecular complexity index is 556. The second kappa shape index (κ2) is 5.56. The fraction of sp³-hybridized carbons (Fsp3) is 0.417. The van der Waals surface area contributed by atoms with Gasteiger partial charge >= 0.3 is 0 Å². The predicted molar refractivity (Wildman–Crippen MR) is 78.3 cm³/mol. The molecule has 18 heavy (non-hydrogen) atoms. The van der Waals surface area contributed by atoms with Gasteiger partial charge in [-0.15, -0.1) is 0 Å². The summed E-state index contributed by atoms with van der Waals surface area (Å²) in [6, 6.07) is 7.01. The van der Waals surface area contributed by atoms with Crippen LogP contribution in [0.15, 0.2) is 24.3 Å². The Balaban J connectivity index is 2.06. The normalized spacial score (nSPS) is 22.4. The Kier molecular flexibility index (Phi) is 4.26. The van der Waals surface area contributed by atoms with Crippen LogP contribution in [0.1, 0.15) is 23.2 Å². The van der Waals surface area contributed by atoms with Crippen molar-refractivity contribution in [1.82, 2.24) is 5.32 Å². The summed E-state index contributed by atoms with van der Waals surface area (Å²) in [6.07, 6.45) is 1.35. The molecule has 1 aromatic carbocycles. The first-order chi connectivity index (χ1) is 8.48. The van der Waals surface area contributed by atoms with Crippen LogP contribution in [-0.4, -0.2) is 31.9 Å². The van der Waals surface area contributed by atoms with Crippen LogP contribution in [0.25, 0.3) is 0 Å². The fourth-order valence-corrected chi connectivity index (χ4v) is 4.31. The summed E-state index contributed by atoms with van der Waals surface area (Å²) >= 11 is 2.10. The summed E-state index contributed by atoms with van der Waals surface area (Å²) in [4.78, 5) is 12.0. The van der Waals surface area contributed by atoms with Crippen molar-refractivity contribution in [3.05, 3.63) is 33.4 Å². The van der Waals surface area contributed by atoms with Crippen molar-refractivity contribution in [1.29, 1.82) is 0 Å². The van der Waals surface area contributed by atoms with Gasteiger partial charge in [-0.3, -0.25) is 4.79 Å². The van der Waals surface area contributed by atoms with E-state index in [0.29, 0.717) is 12.0 Å². The molecule has 1 atom stereocenters. The summed E-state index contributed by atoms with van der Waals surface area (Å²) in [7, 11) is -2.99. The van der Waals surface area contributed by atoms with Crippen LogP contribution in [0.5, 0.6) is 0 Å². The second-order valence-corrected chi connectivity index (χ2v) is 7.80. The predicted octanol–water partition coefficient (Wildman–Crippen LogP) is 1.60. The van der Waals surface area contributed by atoms with Gasteiger partial charge < -0.3 is 5.32 Å². The number of nitrogens with one attached hydrogen (secondary N) is 1. The van der Waals surface area contributed by atoms with E-state index < -0.39 is 9.84 Å². The minimum Gasteiger partial charge on any atom is -0.348 e. The third-order valence-electron chi connectivity index (χ3n) is 2.92. The standard InChI is InChI=1S/C12H14INO3S/c13-11-6-2-1-5-10(11)12(15)14-9-4-3-7-18(16,17)8-9/h1-2,5-6,9H,3-4,7-8H2,(H,14,15). The SMILES string of the molecule is O=C(NC1CCCS(=O)(=O)C1)c1ccccc1I. The van der Waals surface area contributed by atoms with E-state index in [2.05, 4.69) is 27.9 Å². The maximum absolute atomic E-state index is 12.0. The minimum absolute atomic E-state index is 0.0577. The molecule has 1 saturated heterocycles. The van der Waals surface area contributed by atoms with E-state index in [-0.39, 0.29) is 23.5 Å². The minimum atomic E-state index is -2.99. The zero-order valence-electron chi connectivity index (χ0n) is 9.73. The average Bonchev–Trinajstić information content (AvgIpc) is 2.28. The van der Waals surface area contributed by atoms with E-state index >= 15 is 0 Å². The van der Waals surface area contributed by atoms with Gasteiger partial charge in [-0.1, -0.05) is 12.1 Å². The average molecular weight is 379 g/mol. The van der Waals surface area contributed by atoms with Crippen molar-refractivity contribution in [2.24, 2.45) is 0 Å². The van der Waals surface area contributed by atoms with Crippen LogP contribution in [0, 0.1) is 3.57 Å². The molecule has 1 unspecified atom stereocenters. The number of hydrogen-bond acceptors (Lipinski definition) is 3. The Labute approximate surface area is 120 Å².